The van der Waals surface area contributed by atoms with Crippen LogP contribution in [0.1, 0.15) is 0 Å². The van der Waals surface area contributed by atoms with Gasteiger partial charge in [0.05, 0.1) is 0 Å². The number of para-hydroxylation sites is 1. The Morgan fingerprint density at radius 2 is 1.69 bits per heavy atom. The second-order valence-electron chi connectivity index (χ2n) is 5.89. The third-order valence-electron chi connectivity index (χ3n) is 3.88. The zero-order valence-corrected chi connectivity index (χ0v) is 14.4. The minimum atomic E-state index is -0.577. The number of rotatable bonds is 9. The first-order valence-corrected chi connectivity index (χ1v) is 8.55. The molecule has 3 rings (SSSR count). The van der Waals surface area contributed by atoms with Gasteiger partial charge >= 0.3 is 0 Å². The Labute approximate surface area is 152 Å². The molecule has 0 aliphatic heterocycles. The summed E-state index contributed by atoms with van der Waals surface area (Å²) in [6.07, 6.45) is -0.577. The van der Waals surface area contributed by atoms with Crippen molar-refractivity contribution >= 4 is 22.4 Å². The zero-order chi connectivity index (χ0) is 18.2. The van der Waals surface area contributed by atoms with Gasteiger partial charge < -0.3 is 26.2 Å². The monoisotopic (exact) mass is 353 g/mol. The second kappa shape index (κ2) is 8.98. The average molecular weight is 353 g/mol. The quantitative estimate of drug-likeness (QED) is 0.434. The standard InChI is InChI=1S/C19H23N5O2/c20-18-16-8-4-5-9-17(16)19(24-23-18)22-11-10-21-12-14(25)13-26-15-6-2-1-3-7-15/h1-9,14,21,25H,10-13H2,(H2,20,23)(H,22,24). The third kappa shape index (κ3) is 4.81. The molecule has 1 atom stereocenters. The molecule has 7 heteroatoms. The molecule has 5 N–H and O–H groups in total. The fraction of sp³-hybridized carbons (Fsp3) is 0.263. The minimum absolute atomic E-state index is 0.249. The number of nitrogen functional groups attached to an aromatic ring is 1. The van der Waals surface area contributed by atoms with Crippen molar-refractivity contribution in [2.24, 2.45) is 0 Å². The molecule has 0 spiro atoms. The van der Waals surface area contributed by atoms with E-state index in [0.717, 1.165) is 16.5 Å². The van der Waals surface area contributed by atoms with E-state index >= 15 is 0 Å². The number of nitrogens with one attached hydrogen (secondary N) is 2. The molecule has 1 aromatic heterocycles. The van der Waals surface area contributed by atoms with Crippen LogP contribution in [0, 0.1) is 0 Å². The van der Waals surface area contributed by atoms with Gasteiger partial charge in [0, 0.05) is 30.4 Å². The SMILES string of the molecule is Nc1nnc(NCCNCC(O)COc2ccccc2)c2ccccc12. The highest BCUT2D eigenvalue weighted by Gasteiger charge is 2.07. The lowest BCUT2D eigenvalue weighted by Gasteiger charge is -2.14. The summed E-state index contributed by atoms with van der Waals surface area (Å²) in [6.45, 7) is 2.01. The minimum Gasteiger partial charge on any atom is -0.491 e. The number of hydrogen-bond donors (Lipinski definition) is 4. The van der Waals surface area contributed by atoms with E-state index in [2.05, 4.69) is 20.8 Å². The number of aliphatic hydroxyl groups excluding tert-OH is 1. The summed E-state index contributed by atoms with van der Waals surface area (Å²) in [5.41, 5.74) is 5.85. The lowest BCUT2D eigenvalue weighted by atomic mass is 10.2. The van der Waals surface area contributed by atoms with Crippen LogP contribution in [0.4, 0.5) is 11.6 Å². The van der Waals surface area contributed by atoms with Gasteiger partial charge in [-0.05, 0) is 12.1 Å². The molecular weight excluding hydrogens is 330 g/mol. The number of hydrogen-bond acceptors (Lipinski definition) is 7. The molecule has 0 fully saturated rings. The first kappa shape index (κ1) is 17.9. The molecule has 0 bridgehead atoms. The Hall–Kier alpha value is -2.90. The highest BCUT2D eigenvalue weighted by atomic mass is 16.5. The van der Waals surface area contributed by atoms with Gasteiger partial charge in [-0.2, -0.15) is 0 Å². The van der Waals surface area contributed by atoms with Gasteiger partial charge in [0.25, 0.3) is 0 Å². The van der Waals surface area contributed by atoms with Crippen LogP contribution >= 0.6 is 0 Å². The van der Waals surface area contributed by atoms with Crippen LogP contribution < -0.4 is 21.1 Å². The summed E-state index contributed by atoms with van der Waals surface area (Å²) < 4.78 is 5.52. The molecule has 3 aromatic rings. The van der Waals surface area contributed by atoms with Crippen molar-refractivity contribution in [2.45, 2.75) is 6.10 Å². The van der Waals surface area contributed by atoms with Gasteiger partial charge in [0.1, 0.15) is 18.5 Å². The molecule has 0 aliphatic carbocycles. The molecule has 2 aromatic carbocycles. The van der Waals surface area contributed by atoms with E-state index in [1.165, 1.54) is 0 Å². The molecule has 0 radical (unpaired) electrons. The molecule has 0 saturated heterocycles. The Bertz CT molecular complexity index is 829. The maximum Gasteiger partial charge on any atom is 0.156 e. The molecule has 7 nitrogen and oxygen atoms in total. The molecular formula is C19H23N5O2. The number of aromatic nitrogens is 2. The fourth-order valence-corrected chi connectivity index (χ4v) is 2.56. The van der Waals surface area contributed by atoms with E-state index in [0.29, 0.717) is 31.3 Å². The first-order valence-electron chi connectivity index (χ1n) is 8.55. The van der Waals surface area contributed by atoms with E-state index in [4.69, 9.17) is 10.5 Å². The highest BCUT2D eigenvalue weighted by molar-refractivity contribution is 5.97. The number of anilines is 2. The lowest BCUT2D eigenvalue weighted by Crippen LogP contribution is -2.34. The summed E-state index contributed by atoms with van der Waals surface area (Å²) >= 11 is 0. The van der Waals surface area contributed by atoms with Crippen molar-refractivity contribution in [2.75, 3.05) is 37.3 Å². The van der Waals surface area contributed by atoms with Crippen LogP contribution in [-0.2, 0) is 0 Å². The predicted octanol–water partition coefficient (Wildman–Crippen LogP) is 1.65. The van der Waals surface area contributed by atoms with Gasteiger partial charge in [0.15, 0.2) is 11.6 Å². The van der Waals surface area contributed by atoms with Crippen LogP contribution in [0.25, 0.3) is 10.8 Å². The van der Waals surface area contributed by atoms with Crippen molar-refractivity contribution in [3.8, 4) is 5.75 Å². The van der Waals surface area contributed by atoms with Crippen LogP contribution in [0.2, 0.25) is 0 Å². The van der Waals surface area contributed by atoms with Crippen LogP contribution in [-0.4, -0.2) is 47.6 Å². The van der Waals surface area contributed by atoms with Gasteiger partial charge in [-0.1, -0.05) is 42.5 Å². The van der Waals surface area contributed by atoms with E-state index in [1.54, 1.807) is 0 Å². The van der Waals surface area contributed by atoms with E-state index < -0.39 is 6.10 Å². The van der Waals surface area contributed by atoms with Gasteiger partial charge in [-0.3, -0.25) is 0 Å². The number of nitrogens with two attached hydrogens (primary N) is 1. The topological polar surface area (TPSA) is 105 Å². The molecule has 0 saturated carbocycles. The largest absolute Gasteiger partial charge is 0.491 e. The Morgan fingerprint density at radius 1 is 0.962 bits per heavy atom. The van der Waals surface area contributed by atoms with E-state index in [1.807, 2.05) is 54.6 Å². The van der Waals surface area contributed by atoms with Crippen LogP contribution in [0.15, 0.2) is 54.6 Å². The Morgan fingerprint density at radius 3 is 2.50 bits per heavy atom. The van der Waals surface area contributed by atoms with Crippen molar-refractivity contribution in [1.29, 1.82) is 0 Å². The third-order valence-corrected chi connectivity index (χ3v) is 3.88. The number of nitrogens with zero attached hydrogens (tertiary/aromatic N) is 2. The van der Waals surface area contributed by atoms with Crippen molar-refractivity contribution in [3.05, 3.63) is 54.6 Å². The molecule has 0 aliphatic rings. The molecule has 0 amide bonds. The molecule has 136 valence electrons. The van der Waals surface area contributed by atoms with Gasteiger partial charge in [-0.15, -0.1) is 10.2 Å². The Kier molecular flexibility index (Phi) is 6.19. The summed E-state index contributed by atoms with van der Waals surface area (Å²) in [5.74, 6) is 1.87. The maximum absolute atomic E-state index is 9.95. The van der Waals surface area contributed by atoms with Crippen molar-refractivity contribution in [3.63, 3.8) is 0 Å². The van der Waals surface area contributed by atoms with Crippen molar-refractivity contribution in [1.82, 2.24) is 15.5 Å². The summed E-state index contributed by atoms with van der Waals surface area (Å²) in [6, 6.07) is 17.2. The van der Waals surface area contributed by atoms with Crippen LogP contribution in [0.5, 0.6) is 5.75 Å². The zero-order valence-electron chi connectivity index (χ0n) is 14.4. The number of aliphatic hydroxyl groups is 1. The Balaban J connectivity index is 1.39. The molecule has 1 heterocycles. The smallest absolute Gasteiger partial charge is 0.156 e. The van der Waals surface area contributed by atoms with E-state index in [9.17, 15) is 5.11 Å². The van der Waals surface area contributed by atoms with Crippen molar-refractivity contribution < 1.29 is 9.84 Å². The maximum atomic E-state index is 9.95. The molecule has 1 unspecified atom stereocenters. The summed E-state index contributed by atoms with van der Waals surface area (Å²) in [5, 5.41) is 26.3. The predicted molar refractivity (Wildman–Crippen MR) is 103 cm³/mol. The summed E-state index contributed by atoms with van der Waals surface area (Å²) in [7, 11) is 0. The fourth-order valence-electron chi connectivity index (χ4n) is 2.56. The number of fused-ring (bicyclic) bond motifs is 1. The average Bonchev–Trinajstić information content (AvgIpc) is 2.69. The lowest BCUT2D eigenvalue weighted by molar-refractivity contribution is 0.107. The van der Waals surface area contributed by atoms with E-state index in [-0.39, 0.29) is 6.61 Å². The summed E-state index contributed by atoms with van der Waals surface area (Å²) in [4.78, 5) is 0. The first-order chi connectivity index (χ1) is 12.7. The number of benzene rings is 2. The van der Waals surface area contributed by atoms with Gasteiger partial charge in [0.2, 0.25) is 0 Å². The number of ether oxygens (including phenoxy) is 1. The normalized spacial score (nSPS) is 12.0. The van der Waals surface area contributed by atoms with Gasteiger partial charge in [-0.25, -0.2) is 0 Å². The highest BCUT2D eigenvalue weighted by Crippen LogP contribution is 2.23. The second-order valence-corrected chi connectivity index (χ2v) is 5.89. The van der Waals surface area contributed by atoms with Crippen LogP contribution in [0.3, 0.4) is 0 Å². The molecule has 26 heavy (non-hydrogen) atoms.